The number of aryl methyl sites for hydroxylation is 1. The maximum atomic E-state index is 12.6. The van der Waals surface area contributed by atoms with Gasteiger partial charge in [0.1, 0.15) is 5.75 Å². The summed E-state index contributed by atoms with van der Waals surface area (Å²) in [6, 6.07) is 11.5. The first-order chi connectivity index (χ1) is 12.0. The van der Waals surface area contributed by atoms with Gasteiger partial charge in [0.25, 0.3) is 5.91 Å². The predicted octanol–water partition coefficient (Wildman–Crippen LogP) is 3.33. The lowest BCUT2D eigenvalue weighted by Crippen LogP contribution is -2.40. The molecule has 0 saturated heterocycles. The van der Waals surface area contributed by atoms with Crippen LogP contribution in [-0.4, -0.2) is 27.0 Å². The number of rotatable bonds is 5. The van der Waals surface area contributed by atoms with Gasteiger partial charge in [-0.25, -0.2) is 13.1 Å². The molecule has 0 fully saturated rings. The van der Waals surface area contributed by atoms with Crippen LogP contribution in [0.2, 0.25) is 0 Å². The highest BCUT2D eigenvalue weighted by atomic mass is 32.2. The molecular weight excluding hydrogens is 352 g/mol. The van der Waals surface area contributed by atoms with E-state index in [-0.39, 0.29) is 16.5 Å². The number of carbonyl (C=O) groups is 1. The average Bonchev–Trinajstić information content (AvgIpc) is 2.53. The van der Waals surface area contributed by atoms with Gasteiger partial charge in [-0.1, -0.05) is 18.2 Å². The lowest BCUT2D eigenvalue weighted by atomic mass is 10.1. The fourth-order valence-corrected chi connectivity index (χ4v) is 3.88. The van der Waals surface area contributed by atoms with E-state index in [0.29, 0.717) is 11.3 Å². The molecule has 0 heterocycles. The van der Waals surface area contributed by atoms with Crippen LogP contribution in [0.5, 0.6) is 5.75 Å². The molecule has 2 N–H and O–H groups in total. The fraction of sp³-hybridized carbons (Fsp3) is 0.316. The van der Waals surface area contributed by atoms with Crippen LogP contribution in [-0.2, 0) is 10.0 Å². The quantitative estimate of drug-likeness (QED) is 0.838. The van der Waals surface area contributed by atoms with Crippen LogP contribution in [0.15, 0.2) is 47.4 Å². The van der Waals surface area contributed by atoms with Crippen molar-refractivity contribution in [3.05, 3.63) is 53.6 Å². The Bertz CT molecular complexity index is 915. The third-order valence-electron chi connectivity index (χ3n) is 3.56. The Morgan fingerprint density at radius 2 is 1.73 bits per heavy atom. The van der Waals surface area contributed by atoms with Crippen LogP contribution in [0.25, 0.3) is 0 Å². The van der Waals surface area contributed by atoms with Crippen molar-refractivity contribution in [3.8, 4) is 5.75 Å². The van der Waals surface area contributed by atoms with Crippen molar-refractivity contribution in [1.29, 1.82) is 0 Å². The third-order valence-corrected chi connectivity index (χ3v) is 5.32. The smallest absolute Gasteiger partial charge is 0.256 e. The van der Waals surface area contributed by atoms with E-state index in [1.165, 1.54) is 25.3 Å². The van der Waals surface area contributed by atoms with Crippen LogP contribution in [0.4, 0.5) is 5.69 Å². The zero-order chi connectivity index (χ0) is 19.5. The number of methoxy groups -OCH3 is 1. The summed E-state index contributed by atoms with van der Waals surface area (Å²) in [5, 5.41) is 2.74. The fourth-order valence-electron chi connectivity index (χ4n) is 2.43. The lowest BCUT2D eigenvalue weighted by Gasteiger charge is -2.21. The Morgan fingerprint density at radius 3 is 2.31 bits per heavy atom. The normalized spacial score (nSPS) is 11.9. The van der Waals surface area contributed by atoms with E-state index < -0.39 is 15.6 Å². The minimum Gasteiger partial charge on any atom is -0.495 e. The summed E-state index contributed by atoms with van der Waals surface area (Å²) in [4.78, 5) is 12.6. The van der Waals surface area contributed by atoms with Crippen molar-refractivity contribution in [2.45, 2.75) is 38.1 Å². The molecule has 0 unspecified atom stereocenters. The summed E-state index contributed by atoms with van der Waals surface area (Å²) >= 11 is 0. The standard InChI is InChI=1S/C19H24N2O4S/c1-13-8-6-7-9-15(13)18(22)20-16-12-14(10-11-17(16)25-5)26(23,24)21-19(2,3)4/h6-12,21H,1-5H3,(H,20,22). The number of nitrogens with one attached hydrogen (secondary N) is 2. The average molecular weight is 376 g/mol. The van der Waals surface area contributed by atoms with Crippen LogP contribution in [0.1, 0.15) is 36.7 Å². The van der Waals surface area contributed by atoms with Crippen LogP contribution >= 0.6 is 0 Å². The topological polar surface area (TPSA) is 84.5 Å². The number of amides is 1. The van der Waals surface area contributed by atoms with E-state index in [1.807, 2.05) is 19.1 Å². The predicted molar refractivity (Wildman–Crippen MR) is 102 cm³/mol. The summed E-state index contributed by atoms with van der Waals surface area (Å²) in [6.45, 7) is 7.11. The maximum absolute atomic E-state index is 12.6. The van der Waals surface area contributed by atoms with Gasteiger partial charge in [0, 0.05) is 11.1 Å². The lowest BCUT2D eigenvalue weighted by molar-refractivity contribution is 0.102. The minimum atomic E-state index is -3.73. The second-order valence-corrected chi connectivity index (χ2v) is 8.67. The highest BCUT2D eigenvalue weighted by molar-refractivity contribution is 7.89. The molecule has 0 aliphatic rings. The molecule has 6 nitrogen and oxygen atoms in total. The highest BCUT2D eigenvalue weighted by Gasteiger charge is 2.23. The molecule has 140 valence electrons. The molecule has 0 atom stereocenters. The van der Waals surface area contributed by atoms with Gasteiger partial charge in [-0.3, -0.25) is 4.79 Å². The second kappa shape index (κ2) is 7.47. The summed E-state index contributed by atoms with van der Waals surface area (Å²) in [5.74, 6) is 0.0429. The molecule has 0 saturated carbocycles. The number of sulfonamides is 1. The largest absolute Gasteiger partial charge is 0.495 e. The van der Waals surface area contributed by atoms with Gasteiger partial charge < -0.3 is 10.1 Å². The van der Waals surface area contributed by atoms with Crippen molar-refractivity contribution in [2.75, 3.05) is 12.4 Å². The van der Waals surface area contributed by atoms with Crippen molar-refractivity contribution >= 4 is 21.6 Å². The molecule has 7 heteroatoms. The molecule has 1 amide bonds. The summed E-state index contributed by atoms with van der Waals surface area (Å²) < 4.78 is 32.9. The molecule has 0 aliphatic carbocycles. The monoisotopic (exact) mass is 376 g/mol. The first-order valence-electron chi connectivity index (χ1n) is 8.12. The molecule has 2 aromatic carbocycles. The molecular formula is C19H24N2O4S. The van der Waals surface area contributed by atoms with E-state index in [2.05, 4.69) is 10.0 Å². The molecule has 0 spiro atoms. The number of anilines is 1. The first kappa shape index (κ1) is 19.9. The summed E-state index contributed by atoms with van der Waals surface area (Å²) in [5.41, 5.74) is 0.999. The van der Waals surface area contributed by atoms with E-state index in [1.54, 1.807) is 32.9 Å². The Morgan fingerprint density at radius 1 is 1.08 bits per heavy atom. The van der Waals surface area contributed by atoms with Crippen molar-refractivity contribution in [2.24, 2.45) is 0 Å². The van der Waals surface area contributed by atoms with Gasteiger partial charge in [-0.15, -0.1) is 0 Å². The Hall–Kier alpha value is -2.38. The van der Waals surface area contributed by atoms with Crippen LogP contribution in [0.3, 0.4) is 0 Å². The first-order valence-corrected chi connectivity index (χ1v) is 9.61. The van der Waals surface area contributed by atoms with Crippen molar-refractivity contribution in [3.63, 3.8) is 0 Å². The maximum Gasteiger partial charge on any atom is 0.256 e. The van der Waals surface area contributed by atoms with Crippen molar-refractivity contribution in [1.82, 2.24) is 4.72 Å². The van der Waals surface area contributed by atoms with Crippen LogP contribution < -0.4 is 14.8 Å². The van der Waals surface area contributed by atoms with E-state index in [9.17, 15) is 13.2 Å². The van der Waals surface area contributed by atoms with Gasteiger partial charge in [-0.2, -0.15) is 0 Å². The summed E-state index contributed by atoms with van der Waals surface area (Å²) in [7, 11) is -2.27. The minimum absolute atomic E-state index is 0.0494. The number of carbonyl (C=O) groups excluding carboxylic acids is 1. The van der Waals surface area contributed by atoms with E-state index in [4.69, 9.17) is 4.74 Å². The van der Waals surface area contributed by atoms with Crippen molar-refractivity contribution < 1.29 is 17.9 Å². The number of hydrogen-bond donors (Lipinski definition) is 2. The van der Waals surface area contributed by atoms with Gasteiger partial charge in [0.05, 0.1) is 17.7 Å². The molecule has 0 aromatic heterocycles. The van der Waals surface area contributed by atoms with Gasteiger partial charge in [-0.05, 0) is 57.5 Å². The summed E-state index contributed by atoms with van der Waals surface area (Å²) in [6.07, 6.45) is 0. The zero-order valence-electron chi connectivity index (χ0n) is 15.6. The molecule has 0 bridgehead atoms. The molecule has 0 aliphatic heterocycles. The number of hydrogen-bond acceptors (Lipinski definition) is 4. The Labute approximate surface area is 154 Å². The third kappa shape index (κ3) is 4.83. The van der Waals surface area contributed by atoms with E-state index >= 15 is 0 Å². The molecule has 26 heavy (non-hydrogen) atoms. The second-order valence-electron chi connectivity index (χ2n) is 6.99. The van der Waals surface area contributed by atoms with E-state index in [0.717, 1.165) is 5.56 Å². The zero-order valence-corrected chi connectivity index (χ0v) is 16.4. The number of ether oxygens (including phenoxy) is 1. The Balaban J connectivity index is 2.39. The Kier molecular flexibility index (Phi) is 5.73. The highest BCUT2D eigenvalue weighted by Crippen LogP contribution is 2.28. The van der Waals surface area contributed by atoms with Crippen LogP contribution in [0, 0.1) is 6.92 Å². The molecule has 2 rings (SSSR count). The molecule has 0 radical (unpaired) electrons. The SMILES string of the molecule is COc1ccc(S(=O)(=O)NC(C)(C)C)cc1NC(=O)c1ccccc1C. The van der Waals surface area contributed by atoms with Gasteiger partial charge >= 0.3 is 0 Å². The molecule has 2 aromatic rings. The number of benzene rings is 2. The van der Waals surface area contributed by atoms with Gasteiger partial charge in [0.15, 0.2) is 0 Å². The van der Waals surface area contributed by atoms with Gasteiger partial charge in [0.2, 0.25) is 10.0 Å².